The van der Waals surface area contributed by atoms with Crippen LogP contribution in [-0.4, -0.2) is 28.4 Å². The second kappa shape index (κ2) is 4.16. The Morgan fingerprint density at radius 1 is 1.40 bits per heavy atom. The highest BCUT2D eigenvalue weighted by molar-refractivity contribution is 9.10. The van der Waals surface area contributed by atoms with Crippen molar-refractivity contribution in [2.45, 2.75) is 0 Å². The van der Waals surface area contributed by atoms with E-state index in [4.69, 9.17) is 21.4 Å². The average molecular weight is 297 g/mol. The number of phenols is 2. The fourth-order valence-corrected chi connectivity index (χ4v) is 1.96. The largest absolute Gasteiger partial charge is 0.506 e. The first-order valence-electron chi connectivity index (χ1n) is 3.62. The molecule has 0 spiro atoms. The second-order valence-corrected chi connectivity index (χ2v) is 3.71. The first kappa shape index (κ1) is 11.9. The summed E-state index contributed by atoms with van der Waals surface area (Å²) < 4.78 is 4.76. The molecule has 0 saturated carbocycles. The zero-order valence-electron chi connectivity index (χ0n) is 7.41. The predicted molar refractivity (Wildman–Crippen MR) is 56.0 cm³/mol. The van der Waals surface area contributed by atoms with Gasteiger partial charge in [0, 0.05) is 0 Å². The summed E-state index contributed by atoms with van der Waals surface area (Å²) in [6.45, 7) is 0. The number of rotatable bonds is 2. The molecule has 3 N–H and O–H groups in total. The van der Waals surface area contributed by atoms with Crippen LogP contribution in [0.2, 0.25) is 5.02 Å². The number of benzene rings is 1. The van der Waals surface area contributed by atoms with Crippen molar-refractivity contribution in [2.75, 3.05) is 7.11 Å². The number of methoxy groups -OCH3 is 1. The molecule has 0 radical (unpaired) electrons. The van der Waals surface area contributed by atoms with Crippen molar-refractivity contribution >= 4 is 33.5 Å². The van der Waals surface area contributed by atoms with Crippen molar-refractivity contribution in [1.82, 2.24) is 0 Å². The average Bonchev–Trinajstić information content (AvgIpc) is 2.16. The maximum Gasteiger partial charge on any atom is 0.343 e. The highest BCUT2D eigenvalue weighted by atomic mass is 79.9. The van der Waals surface area contributed by atoms with E-state index in [2.05, 4.69) is 15.9 Å². The number of carboxylic acid groups (broad SMARTS) is 1. The van der Waals surface area contributed by atoms with E-state index in [1.807, 2.05) is 0 Å². The number of carbonyl (C=O) groups is 1. The Balaban J connectivity index is 3.66. The Kier molecular flexibility index (Phi) is 3.31. The van der Waals surface area contributed by atoms with Gasteiger partial charge < -0.3 is 20.1 Å². The summed E-state index contributed by atoms with van der Waals surface area (Å²) >= 11 is 8.55. The lowest BCUT2D eigenvalue weighted by Gasteiger charge is -2.11. The van der Waals surface area contributed by atoms with Gasteiger partial charge >= 0.3 is 5.97 Å². The zero-order valence-corrected chi connectivity index (χ0v) is 9.76. The lowest BCUT2D eigenvalue weighted by Crippen LogP contribution is -2.00. The molecule has 1 rings (SSSR count). The Morgan fingerprint density at radius 3 is 2.33 bits per heavy atom. The molecule has 0 amide bonds. The molecular weight excluding hydrogens is 291 g/mol. The predicted octanol–water partition coefficient (Wildman–Crippen LogP) is 2.22. The van der Waals surface area contributed by atoms with Crippen molar-refractivity contribution in [1.29, 1.82) is 0 Å². The molecule has 0 saturated heterocycles. The van der Waals surface area contributed by atoms with Gasteiger partial charge in [0.2, 0.25) is 0 Å². The van der Waals surface area contributed by atoms with Crippen molar-refractivity contribution in [3.05, 3.63) is 15.1 Å². The van der Waals surface area contributed by atoms with Crippen LogP contribution in [0.1, 0.15) is 10.4 Å². The minimum atomic E-state index is -1.49. The van der Waals surface area contributed by atoms with Gasteiger partial charge in [0.25, 0.3) is 0 Å². The summed E-state index contributed by atoms with van der Waals surface area (Å²) in [6, 6.07) is 0. The minimum Gasteiger partial charge on any atom is -0.506 e. The first-order chi connectivity index (χ1) is 6.91. The summed E-state index contributed by atoms with van der Waals surface area (Å²) in [6.07, 6.45) is 0. The van der Waals surface area contributed by atoms with Crippen molar-refractivity contribution in [3.8, 4) is 17.2 Å². The molecule has 0 aliphatic carbocycles. The lowest BCUT2D eigenvalue weighted by molar-refractivity contribution is 0.0690. The lowest BCUT2D eigenvalue weighted by atomic mass is 10.1. The summed E-state index contributed by atoms with van der Waals surface area (Å²) in [4.78, 5) is 10.7. The molecule has 1 aromatic carbocycles. The van der Waals surface area contributed by atoms with E-state index in [9.17, 15) is 15.0 Å². The quantitative estimate of drug-likeness (QED) is 0.779. The van der Waals surface area contributed by atoms with Crippen LogP contribution >= 0.6 is 27.5 Å². The van der Waals surface area contributed by atoms with Gasteiger partial charge in [0.15, 0.2) is 17.2 Å². The molecule has 0 aliphatic heterocycles. The number of halogens is 2. The summed E-state index contributed by atoms with van der Waals surface area (Å²) in [5, 5.41) is 27.3. The molecule has 0 atom stereocenters. The molecule has 0 heterocycles. The summed E-state index contributed by atoms with van der Waals surface area (Å²) in [5.41, 5.74) is -0.673. The molecule has 7 heteroatoms. The van der Waals surface area contributed by atoms with E-state index in [-0.39, 0.29) is 15.2 Å². The zero-order chi connectivity index (χ0) is 11.7. The molecule has 1 aromatic rings. The molecule has 0 fully saturated rings. The van der Waals surface area contributed by atoms with E-state index >= 15 is 0 Å². The Morgan fingerprint density at radius 2 is 1.93 bits per heavy atom. The molecule has 0 aromatic heterocycles. The molecular formula is C8H6BrClO5. The first-order valence-corrected chi connectivity index (χ1v) is 4.79. The van der Waals surface area contributed by atoms with Crippen LogP contribution in [0.3, 0.4) is 0 Å². The molecule has 15 heavy (non-hydrogen) atoms. The fourth-order valence-electron chi connectivity index (χ4n) is 1.02. The SMILES string of the molecule is COc1c(Cl)c(O)c(C(=O)O)c(O)c1Br. The van der Waals surface area contributed by atoms with Gasteiger partial charge in [-0.3, -0.25) is 0 Å². The molecule has 0 bridgehead atoms. The van der Waals surface area contributed by atoms with Crippen molar-refractivity contribution in [2.24, 2.45) is 0 Å². The van der Waals surface area contributed by atoms with E-state index in [1.165, 1.54) is 7.11 Å². The molecule has 0 aliphatic rings. The van der Waals surface area contributed by atoms with Crippen LogP contribution < -0.4 is 4.74 Å². The number of aromatic hydroxyl groups is 2. The third-order valence-electron chi connectivity index (χ3n) is 1.71. The van der Waals surface area contributed by atoms with Gasteiger partial charge in [-0.15, -0.1) is 0 Å². The monoisotopic (exact) mass is 296 g/mol. The van der Waals surface area contributed by atoms with Crippen molar-refractivity contribution in [3.63, 3.8) is 0 Å². The number of carboxylic acids is 1. The van der Waals surface area contributed by atoms with Gasteiger partial charge in [-0.25, -0.2) is 4.79 Å². The van der Waals surface area contributed by atoms with Gasteiger partial charge in [-0.2, -0.15) is 0 Å². The highest BCUT2D eigenvalue weighted by Gasteiger charge is 2.26. The second-order valence-electron chi connectivity index (χ2n) is 2.54. The maximum absolute atomic E-state index is 10.7. The van der Waals surface area contributed by atoms with Gasteiger partial charge in [0.05, 0.1) is 7.11 Å². The van der Waals surface area contributed by atoms with Gasteiger partial charge in [-0.05, 0) is 15.9 Å². The van der Waals surface area contributed by atoms with Crippen LogP contribution in [0.4, 0.5) is 0 Å². The smallest absolute Gasteiger partial charge is 0.343 e. The Hall–Kier alpha value is -1.14. The van der Waals surface area contributed by atoms with E-state index in [0.29, 0.717) is 0 Å². The van der Waals surface area contributed by atoms with Crippen LogP contribution in [0.15, 0.2) is 4.47 Å². The van der Waals surface area contributed by atoms with E-state index < -0.39 is 23.0 Å². The Bertz CT molecular complexity index is 403. The van der Waals surface area contributed by atoms with Crippen LogP contribution in [0, 0.1) is 0 Å². The number of aromatic carboxylic acids is 1. The minimum absolute atomic E-state index is 0.0230. The van der Waals surface area contributed by atoms with Crippen LogP contribution in [0.25, 0.3) is 0 Å². The number of hydrogen-bond donors (Lipinski definition) is 3. The molecule has 5 nitrogen and oxygen atoms in total. The third kappa shape index (κ3) is 1.82. The topological polar surface area (TPSA) is 87.0 Å². The van der Waals surface area contributed by atoms with Gasteiger partial charge in [-0.1, -0.05) is 11.6 Å². The fraction of sp³-hybridized carbons (Fsp3) is 0.125. The molecule has 82 valence electrons. The Labute approximate surface area is 98.0 Å². The highest BCUT2D eigenvalue weighted by Crippen LogP contribution is 2.48. The molecule has 0 unspecified atom stereocenters. The van der Waals surface area contributed by atoms with Crippen LogP contribution in [0.5, 0.6) is 17.2 Å². The number of ether oxygens (including phenoxy) is 1. The van der Waals surface area contributed by atoms with Crippen molar-refractivity contribution < 1.29 is 24.9 Å². The number of hydrogen-bond acceptors (Lipinski definition) is 4. The third-order valence-corrected chi connectivity index (χ3v) is 2.79. The summed E-state index contributed by atoms with van der Waals surface area (Å²) in [5.74, 6) is -2.89. The van der Waals surface area contributed by atoms with E-state index in [1.54, 1.807) is 0 Å². The van der Waals surface area contributed by atoms with Gasteiger partial charge in [0.1, 0.15) is 15.1 Å². The summed E-state index contributed by atoms with van der Waals surface area (Å²) in [7, 11) is 1.27. The maximum atomic E-state index is 10.7. The normalized spacial score (nSPS) is 10.1. The standard InChI is InChI=1S/C8H6BrClO5/c1-15-7-3(9)5(11)2(8(13)14)6(12)4(7)10/h11-12H,1H3,(H,13,14). The van der Waals surface area contributed by atoms with Crippen LogP contribution in [-0.2, 0) is 0 Å². The van der Waals surface area contributed by atoms with E-state index in [0.717, 1.165) is 0 Å².